The fraction of sp³-hybridized carbons (Fsp3) is 0.182. The maximum Gasteiger partial charge on any atom is 0.573 e. The number of nitrogens with zero attached hydrogens (tertiary/aromatic N) is 2. The lowest BCUT2D eigenvalue weighted by Gasteiger charge is -2.15. The van der Waals surface area contributed by atoms with Crippen molar-refractivity contribution in [3.8, 4) is 5.75 Å². The summed E-state index contributed by atoms with van der Waals surface area (Å²) >= 11 is 6.24. The number of rotatable bonds is 7. The highest BCUT2D eigenvalue weighted by atomic mass is 35.5. The third-order valence-corrected chi connectivity index (χ3v) is 4.91. The molecule has 12 heteroatoms. The first-order chi connectivity index (χ1) is 16.0. The van der Waals surface area contributed by atoms with Crippen LogP contribution in [0.3, 0.4) is 0 Å². The number of para-hydroxylation sites is 1. The molecule has 0 bridgehead atoms. The molecule has 0 spiro atoms. The van der Waals surface area contributed by atoms with Gasteiger partial charge in [-0.15, -0.1) is 13.2 Å². The zero-order valence-electron chi connectivity index (χ0n) is 18.0. The molecule has 178 valence electrons. The predicted octanol–water partition coefficient (Wildman–Crippen LogP) is 4.36. The summed E-state index contributed by atoms with van der Waals surface area (Å²) in [6.45, 7) is 0. The molecule has 2 aromatic carbocycles. The van der Waals surface area contributed by atoms with Crippen molar-refractivity contribution in [1.82, 2.24) is 14.9 Å². The van der Waals surface area contributed by atoms with Crippen molar-refractivity contribution in [1.29, 1.82) is 5.41 Å². The number of aromatic amines is 1. The number of amides is 1. The number of H-pyrrole nitrogens is 1. The molecule has 0 radical (unpaired) electrons. The van der Waals surface area contributed by atoms with Crippen molar-refractivity contribution >= 4 is 35.2 Å². The van der Waals surface area contributed by atoms with Crippen LogP contribution in [0.25, 0.3) is 0 Å². The van der Waals surface area contributed by atoms with Crippen molar-refractivity contribution in [3.05, 3.63) is 80.4 Å². The van der Waals surface area contributed by atoms with Crippen LogP contribution in [-0.2, 0) is 6.42 Å². The quantitative estimate of drug-likeness (QED) is 0.424. The molecule has 0 aliphatic rings. The van der Waals surface area contributed by atoms with Crippen molar-refractivity contribution < 1.29 is 22.7 Å². The zero-order valence-corrected chi connectivity index (χ0v) is 18.7. The molecule has 3 aromatic rings. The molecular weight excluding hydrogens is 475 g/mol. The monoisotopic (exact) mass is 493 g/mol. The second-order valence-corrected chi connectivity index (χ2v) is 7.68. The Balaban J connectivity index is 2.00. The molecule has 0 atom stereocenters. The average molecular weight is 494 g/mol. The van der Waals surface area contributed by atoms with E-state index in [1.807, 2.05) is 0 Å². The van der Waals surface area contributed by atoms with Crippen LogP contribution in [0.1, 0.15) is 27.3 Å². The molecule has 3 N–H and O–H groups in total. The number of nitrogens with one attached hydrogen (secondary N) is 3. The number of ether oxygens (including phenoxy) is 1. The van der Waals surface area contributed by atoms with E-state index in [1.165, 1.54) is 41.3 Å². The Kier molecular flexibility index (Phi) is 7.26. The molecule has 0 unspecified atom stereocenters. The largest absolute Gasteiger partial charge is 0.573 e. The molecule has 0 aliphatic carbocycles. The zero-order chi connectivity index (χ0) is 25.0. The van der Waals surface area contributed by atoms with Crippen LogP contribution in [0.5, 0.6) is 5.75 Å². The number of halogens is 4. The Morgan fingerprint density at radius 2 is 1.97 bits per heavy atom. The number of hydrogen-bond donors (Lipinski definition) is 3. The number of benzene rings is 2. The Morgan fingerprint density at radius 1 is 1.26 bits per heavy atom. The highest BCUT2D eigenvalue weighted by Crippen LogP contribution is 2.29. The lowest BCUT2D eigenvalue weighted by Crippen LogP contribution is -2.22. The molecule has 34 heavy (non-hydrogen) atoms. The summed E-state index contributed by atoms with van der Waals surface area (Å²) in [7, 11) is 3.17. The molecule has 1 aromatic heterocycles. The van der Waals surface area contributed by atoms with Gasteiger partial charge in [0.05, 0.1) is 16.3 Å². The second-order valence-electron chi connectivity index (χ2n) is 7.27. The van der Waals surface area contributed by atoms with Crippen LogP contribution in [0.4, 0.5) is 24.7 Å². The third-order valence-electron chi connectivity index (χ3n) is 4.58. The molecule has 3 rings (SSSR count). The summed E-state index contributed by atoms with van der Waals surface area (Å²) in [4.78, 5) is 32.9. The van der Waals surface area contributed by atoms with Gasteiger partial charge in [-0.05, 0) is 24.3 Å². The highest BCUT2D eigenvalue weighted by molar-refractivity contribution is 6.33. The van der Waals surface area contributed by atoms with Gasteiger partial charge in [-0.2, -0.15) is 0 Å². The van der Waals surface area contributed by atoms with E-state index in [0.29, 0.717) is 5.56 Å². The van der Waals surface area contributed by atoms with Gasteiger partial charge in [0.2, 0.25) is 0 Å². The van der Waals surface area contributed by atoms with E-state index >= 15 is 0 Å². The maximum atomic E-state index is 12.7. The van der Waals surface area contributed by atoms with Gasteiger partial charge < -0.3 is 25.3 Å². The summed E-state index contributed by atoms with van der Waals surface area (Å²) < 4.78 is 42.3. The first kappa shape index (κ1) is 24.8. The number of carbonyl (C=O) groups excluding carboxylic acids is 1. The standard InChI is InChI=1S/C22H19ClF3N5O3/c1-31(2)21(33)13-7-8-15(23)16(9-13)28-19-14(11-27)20(32)30-18(29-19)10-12-5-3-4-6-17(12)34-22(24,25)26/h3-9,11,27H,10H2,1-2H3,(H2,28,29,30,32). The molecule has 1 heterocycles. The van der Waals surface area contributed by atoms with Crippen LogP contribution in [0.15, 0.2) is 47.3 Å². The molecule has 0 saturated carbocycles. The van der Waals surface area contributed by atoms with Crippen LogP contribution < -0.4 is 15.6 Å². The normalized spacial score (nSPS) is 11.1. The summed E-state index contributed by atoms with van der Waals surface area (Å²) in [6, 6.07) is 9.95. The summed E-state index contributed by atoms with van der Waals surface area (Å²) in [5.41, 5.74) is -0.121. The summed E-state index contributed by atoms with van der Waals surface area (Å²) in [6.07, 6.45) is -4.30. The number of hydrogen-bond acceptors (Lipinski definition) is 6. The summed E-state index contributed by atoms with van der Waals surface area (Å²) in [5.74, 6) is -0.749. The van der Waals surface area contributed by atoms with Gasteiger partial charge in [0.25, 0.3) is 11.5 Å². The van der Waals surface area contributed by atoms with Crippen LogP contribution in [0, 0.1) is 5.41 Å². The summed E-state index contributed by atoms with van der Waals surface area (Å²) in [5, 5.41) is 10.6. The van der Waals surface area contributed by atoms with Gasteiger partial charge in [0.15, 0.2) is 0 Å². The van der Waals surface area contributed by atoms with Gasteiger partial charge in [-0.3, -0.25) is 9.59 Å². The van der Waals surface area contributed by atoms with Crippen LogP contribution >= 0.6 is 11.6 Å². The van der Waals surface area contributed by atoms with Crippen LogP contribution in [-0.4, -0.2) is 47.4 Å². The minimum Gasteiger partial charge on any atom is -0.405 e. The molecule has 0 fully saturated rings. The number of alkyl halides is 3. The Bertz CT molecular complexity index is 1290. The average Bonchev–Trinajstić information content (AvgIpc) is 2.75. The highest BCUT2D eigenvalue weighted by Gasteiger charge is 2.32. The molecule has 0 aliphatic heterocycles. The van der Waals surface area contributed by atoms with E-state index < -0.39 is 17.7 Å². The van der Waals surface area contributed by atoms with Gasteiger partial charge in [0, 0.05) is 37.9 Å². The Morgan fingerprint density at radius 3 is 2.62 bits per heavy atom. The van der Waals surface area contributed by atoms with E-state index in [4.69, 9.17) is 17.0 Å². The van der Waals surface area contributed by atoms with Gasteiger partial charge in [-0.1, -0.05) is 29.8 Å². The first-order valence-corrected chi connectivity index (χ1v) is 10.1. The van der Waals surface area contributed by atoms with E-state index in [9.17, 15) is 22.8 Å². The SMILES string of the molecule is CN(C)C(=O)c1ccc(Cl)c(Nc2nc(Cc3ccccc3OC(F)(F)F)[nH]c(=O)c2C=N)c1. The maximum absolute atomic E-state index is 12.7. The van der Waals surface area contributed by atoms with E-state index in [2.05, 4.69) is 20.0 Å². The Labute approximate surface area is 196 Å². The molecule has 0 saturated heterocycles. The van der Waals surface area contributed by atoms with E-state index in [-0.39, 0.29) is 45.8 Å². The third kappa shape index (κ3) is 5.93. The molecule has 8 nitrogen and oxygen atoms in total. The number of aromatic nitrogens is 2. The molecular formula is C22H19ClF3N5O3. The van der Waals surface area contributed by atoms with Crippen LogP contribution in [0.2, 0.25) is 5.02 Å². The minimum absolute atomic E-state index is 0.0213. The van der Waals surface area contributed by atoms with Crippen molar-refractivity contribution in [2.24, 2.45) is 0 Å². The topological polar surface area (TPSA) is 111 Å². The number of anilines is 2. The van der Waals surface area contributed by atoms with Gasteiger partial charge in [0.1, 0.15) is 17.4 Å². The van der Waals surface area contributed by atoms with Crippen molar-refractivity contribution in [3.63, 3.8) is 0 Å². The lowest BCUT2D eigenvalue weighted by molar-refractivity contribution is -0.274. The second kappa shape index (κ2) is 9.96. The first-order valence-electron chi connectivity index (χ1n) is 9.74. The minimum atomic E-state index is -4.89. The fourth-order valence-electron chi connectivity index (χ4n) is 3.04. The van der Waals surface area contributed by atoms with Crippen molar-refractivity contribution in [2.75, 3.05) is 19.4 Å². The fourth-order valence-corrected chi connectivity index (χ4v) is 3.20. The van der Waals surface area contributed by atoms with E-state index in [0.717, 1.165) is 12.3 Å². The lowest BCUT2D eigenvalue weighted by atomic mass is 10.1. The van der Waals surface area contributed by atoms with Crippen molar-refractivity contribution in [2.45, 2.75) is 12.8 Å². The predicted molar refractivity (Wildman–Crippen MR) is 121 cm³/mol. The smallest absolute Gasteiger partial charge is 0.405 e. The van der Waals surface area contributed by atoms with E-state index in [1.54, 1.807) is 14.1 Å². The van der Waals surface area contributed by atoms with Gasteiger partial charge >= 0.3 is 6.36 Å². The molecule has 1 amide bonds. The Hall–Kier alpha value is -3.86. The number of carbonyl (C=O) groups is 1. The van der Waals surface area contributed by atoms with Gasteiger partial charge in [-0.25, -0.2) is 4.98 Å².